The van der Waals surface area contributed by atoms with Gasteiger partial charge in [-0.05, 0) is 42.5 Å². The Morgan fingerprint density at radius 3 is 2.54 bits per heavy atom. The van der Waals surface area contributed by atoms with Crippen molar-refractivity contribution in [2.45, 2.75) is 0 Å². The fourth-order valence-corrected chi connectivity index (χ4v) is 2.48. The number of hydrogen-bond donors (Lipinski definition) is 1. The normalized spacial score (nSPS) is 10.6. The summed E-state index contributed by atoms with van der Waals surface area (Å²) in [6.45, 7) is 0. The second-order valence-corrected chi connectivity index (χ2v) is 5.09. The lowest BCUT2D eigenvalue weighted by molar-refractivity contribution is 0.0699. The number of benzene rings is 2. The van der Waals surface area contributed by atoms with Crippen molar-refractivity contribution in [3.05, 3.63) is 53.8 Å². The van der Waals surface area contributed by atoms with Crippen LogP contribution in [-0.4, -0.2) is 30.3 Å². The van der Waals surface area contributed by atoms with E-state index in [2.05, 4.69) is 4.98 Å². The first-order valence-corrected chi connectivity index (χ1v) is 7.09. The molecule has 0 bridgehead atoms. The van der Waals surface area contributed by atoms with E-state index < -0.39 is 11.8 Å². The molecule has 0 aliphatic rings. The molecule has 122 valence electrons. The third-order valence-electron chi connectivity index (χ3n) is 3.69. The molecule has 0 fully saturated rings. The van der Waals surface area contributed by atoms with Crippen LogP contribution in [-0.2, 0) is 0 Å². The molecular weight excluding hydrogens is 313 g/mol. The van der Waals surface area contributed by atoms with E-state index in [1.54, 1.807) is 18.2 Å². The van der Waals surface area contributed by atoms with Gasteiger partial charge < -0.3 is 14.6 Å². The summed E-state index contributed by atoms with van der Waals surface area (Å²) in [6, 6.07) is 10.7. The molecule has 3 rings (SSSR count). The Bertz CT molecular complexity index is 940. The molecule has 0 unspecified atom stereocenters. The van der Waals surface area contributed by atoms with Crippen LogP contribution in [0, 0.1) is 5.82 Å². The molecule has 0 aliphatic heterocycles. The topological polar surface area (TPSA) is 68.7 Å². The number of nitrogens with zero attached hydrogens (tertiary/aromatic N) is 1. The van der Waals surface area contributed by atoms with E-state index in [9.17, 15) is 14.3 Å². The molecule has 0 amide bonds. The molecule has 5 nitrogen and oxygen atoms in total. The van der Waals surface area contributed by atoms with Crippen molar-refractivity contribution in [2.24, 2.45) is 0 Å². The Kier molecular flexibility index (Phi) is 4.04. The van der Waals surface area contributed by atoms with Crippen molar-refractivity contribution < 1.29 is 23.8 Å². The maximum atomic E-state index is 13.6. The van der Waals surface area contributed by atoms with E-state index in [4.69, 9.17) is 9.47 Å². The van der Waals surface area contributed by atoms with Gasteiger partial charge in [-0.1, -0.05) is 0 Å². The van der Waals surface area contributed by atoms with Crippen molar-refractivity contribution in [3.8, 4) is 22.8 Å². The van der Waals surface area contributed by atoms with Gasteiger partial charge in [0.05, 0.1) is 31.0 Å². The van der Waals surface area contributed by atoms with E-state index in [-0.39, 0.29) is 11.3 Å². The Balaban J connectivity index is 2.24. The number of ether oxygens (including phenoxy) is 2. The van der Waals surface area contributed by atoms with Crippen LogP contribution >= 0.6 is 0 Å². The SMILES string of the molecule is COc1ccc2nc(-c3ccc(F)c(OC)c3)cc(C(=O)O)c2c1. The van der Waals surface area contributed by atoms with Gasteiger partial charge in [0.2, 0.25) is 0 Å². The van der Waals surface area contributed by atoms with Gasteiger partial charge in [-0.25, -0.2) is 14.2 Å². The fraction of sp³-hybridized carbons (Fsp3) is 0.111. The zero-order valence-electron chi connectivity index (χ0n) is 13.0. The molecule has 0 aliphatic carbocycles. The number of carboxylic acids is 1. The number of hydrogen-bond acceptors (Lipinski definition) is 4. The first-order chi connectivity index (χ1) is 11.5. The third-order valence-corrected chi connectivity index (χ3v) is 3.69. The number of halogens is 1. The average Bonchev–Trinajstić information content (AvgIpc) is 2.60. The van der Waals surface area contributed by atoms with E-state index in [0.717, 1.165) is 0 Å². The summed E-state index contributed by atoms with van der Waals surface area (Å²) >= 11 is 0. The number of carboxylic acid groups (broad SMARTS) is 1. The molecule has 1 heterocycles. The summed E-state index contributed by atoms with van der Waals surface area (Å²) in [5, 5.41) is 9.98. The van der Waals surface area contributed by atoms with Crippen LogP contribution in [0.3, 0.4) is 0 Å². The quantitative estimate of drug-likeness (QED) is 0.790. The monoisotopic (exact) mass is 327 g/mol. The molecule has 6 heteroatoms. The standard InChI is InChI=1S/C18H14FNO4/c1-23-11-4-6-15-12(8-11)13(18(21)22)9-16(20-15)10-3-5-14(19)17(7-10)24-2/h3-9H,1-2H3,(H,21,22). The van der Waals surface area contributed by atoms with Gasteiger partial charge in [0.1, 0.15) is 5.75 Å². The minimum Gasteiger partial charge on any atom is -0.497 e. The highest BCUT2D eigenvalue weighted by atomic mass is 19.1. The van der Waals surface area contributed by atoms with Crippen LogP contribution < -0.4 is 9.47 Å². The smallest absolute Gasteiger partial charge is 0.336 e. The fourth-order valence-electron chi connectivity index (χ4n) is 2.48. The minimum absolute atomic E-state index is 0.0704. The maximum absolute atomic E-state index is 13.6. The van der Waals surface area contributed by atoms with Gasteiger partial charge in [-0.3, -0.25) is 0 Å². The Morgan fingerprint density at radius 2 is 1.88 bits per heavy atom. The number of pyridine rings is 1. The molecule has 1 N–H and O–H groups in total. The molecular formula is C18H14FNO4. The molecule has 0 saturated carbocycles. The Labute approximate surface area is 137 Å². The highest BCUT2D eigenvalue weighted by molar-refractivity contribution is 6.04. The van der Waals surface area contributed by atoms with Crippen molar-refractivity contribution >= 4 is 16.9 Å². The molecule has 24 heavy (non-hydrogen) atoms. The molecule has 0 radical (unpaired) electrons. The highest BCUT2D eigenvalue weighted by Crippen LogP contribution is 2.30. The van der Waals surface area contributed by atoms with Crippen LogP contribution in [0.5, 0.6) is 11.5 Å². The van der Waals surface area contributed by atoms with Gasteiger partial charge in [0.15, 0.2) is 11.6 Å². The summed E-state index contributed by atoms with van der Waals surface area (Å²) < 4.78 is 23.7. The predicted molar refractivity (Wildman–Crippen MR) is 87.2 cm³/mol. The Morgan fingerprint density at radius 1 is 1.08 bits per heavy atom. The number of fused-ring (bicyclic) bond motifs is 1. The summed E-state index contributed by atoms with van der Waals surface area (Å²) in [5.41, 5.74) is 1.59. The van der Waals surface area contributed by atoms with Crippen molar-refractivity contribution in [1.82, 2.24) is 4.98 Å². The maximum Gasteiger partial charge on any atom is 0.336 e. The number of aromatic carboxylic acids is 1. The van der Waals surface area contributed by atoms with Crippen LogP contribution in [0.25, 0.3) is 22.2 Å². The zero-order chi connectivity index (χ0) is 17.3. The van der Waals surface area contributed by atoms with Gasteiger partial charge in [0.25, 0.3) is 0 Å². The van der Waals surface area contributed by atoms with Crippen molar-refractivity contribution in [1.29, 1.82) is 0 Å². The number of aromatic nitrogens is 1. The number of methoxy groups -OCH3 is 2. The van der Waals surface area contributed by atoms with Crippen LogP contribution in [0.1, 0.15) is 10.4 Å². The summed E-state index contributed by atoms with van der Waals surface area (Å²) in [5.74, 6) is -0.958. The molecule has 2 aromatic carbocycles. The predicted octanol–water partition coefficient (Wildman–Crippen LogP) is 3.76. The van der Waals surface area contributed by atoms with Gasteiger partial charge >= 0.3 is 5.97 Å². The first-order valence-electron chi connectivity index (χ1n) is 7.09. The summed E-state index contributed by atoms with van der Waals surface area (Å²) in [6.07, 6.45) is 0. The number of rotatable bonds is 4. The van der Waals surface area contributed by atoms with E-state index in [1.807, 2.05) is 0 Å². The lowest BCUT2D eigenvalue weighted by atomic mass is 10.0. The minimum atomic E-state index is -1.08. The van der Waals surface area contributed by atoms with Crippen LogP contribution in [0.15, 0.2) is 42.5 Å². The second kappa shape index (κ2) is 6.16. The van der Waals surface area contributed by atoms with Gasteiger partial charge in [-0.2, -0.15) is 0 Å². The molecule has 3 aromatic rings. The molecule has 0 saturated heterocycles. The van der Waals surface area contributed by atoms with Crippen LogP contribution in [0.4, 0.5) is 4.39 Å². The Hall–Kier alpha value is -3.15. The molecule has 1 aromatic heterocycles. The van der Waals surface area contributed by atoms with Gasteiger partial charge in [0, 0.05) is 10.9 Å². The summed E-state index contributed by atoms with van der Waals surface area (Å²) in [7, 11) is 2.87. The largest absolute Gasteiger partial charge is 0.497 e. The molecule has 0 spiro atoms. The second-order valence-electron chi connectivity index (χ2n) is 5.09. The van der Waals surface area contributed by atoms with Crippen LogP contribution in [0.2, 0.25) is 0 Å². The van der Waals surface area contributed by atoms with Crippen molar-refractivity contribution in [3.63, 3.8) is 0 Å². The van der Waals surface area contributed by atoms with Crippen molar-refractivity contribution in [2.75, 3.05) is 14.2 Å². The van der Waals surface area contributed by atoms with E-state index >= 15 is 0 Å². The zero-order valence-corrected chi connectivity index (χ0v) is 13.0. The third kappa shape index (κ3) is 2.74. The summed E-state index contributed by atoms with van der Waals surface area (Å²) in [4.78, 5) is 16.1. The van der Waals surface area contributed by atoms with E-state index in [1.165, 1.54) is 38.5 Å². The first kappa shape index (κ1) is 15.7. The lowest BCUT2D eigenvalue weighted by Gasteiger charge is -2.10. The van der Waals surface area contributed by atoms with E-state index in [0.29, 0.717) is 27.9 Å². The average molecular weight is 327 g/mol. The number of carbonyl (C=O) groups is 1. The highest BCUT2D eigenvalue weighted by Gasteiger charge is 2.15. The van der Waals surface area contributed by atoms with Gasteiger partial charge in [-0.15, -0.1) is 0 Å². The molecule has 0 atom stereocenters. The lowest BCUT2D eigenvalue weighted by Crippen LogP contribution is -2.01.